The number of methoxy groups -OCH3 is 2. The summed E-state index contributed by atoms with van der Waals surface area (Å²) in [5.74, 6) is 2.27. The Morgan fingerprint density at radius 1 is 0.921 bits per heavy atom. The Balaban J connectivity index is 1.34. The van der Waals surface area contributed by atoms with Gasteiger partial charge in [0.25, 0.3) is 5.91 Å². The second kappa shape index (κ2) is 11.3. The van der Waals surface area contributed by atoms with Gasteiger partial charge in [-0.15, -0.1) is 5.10 Å². The zero-order valence-corrected chi connectivity index (χ0v) is 21.0. The van der Waals surface area contributed by atoms with Crippen LogP contribution < -0.4 is 19.5 Å². The van der Waals surface area contributed by atoms with E-state index >= 15 is 0 Å². The number of rotatable bonds is 10. The summed E-state index contributed by atoms with van der Waals surface area (Å²) in [6.45, 7) is 0.395. The maximum absolute atomic E-state index is 12.8. The highest BCUT2D eigenvalue weighted by Gasteiger charge is 2.17. The molecule has 9 nitrogen and oxygen atoms in total. The molecule has 38 heavy (non-hydrogen) atoms. The van der Waals surface area contributed by atoms with Crippen LogP contribution in [-0.4, -0.2) is 41.5 Å². The number of carbonyl (C=O) groups excluding carboxylic acids is 1. The molecule has 0 aliphatic carbocycles. The summed E-state index contributed by atoms with van der Waals surface area (Å²) in [7, 11) is 3.22. The van der Waals surface area contributed by atoms with Crippen LogP contribution in [0.2, 0.25) is 0 Å². The summed E-state index contributed by atoms with van der Waals surface area (Å²) in [4.78, 5) is 17.3. The molecule has 2 heterocycles. The minimum absolute atomic E-state index is 0.220. The average Bonchev–Trinajstić information content (AvgIpc) is 3.64. The van der Waals surface area contributed by atoms with Gasteiger partial charge in [-0.1, -0.05) is 18.2 Å². The fourth-order valence-electron chi connectivity index (χ4n) is 3.81. The Kier molecular flexibility index (Phi) is 7.35. The number of benzene rings is 3. The van der Waals surface area contributed by atoms with Gasteiger partial charge in [0.2, 0.25) is 5.82 Å². The highest BCUT2D eigenvalue weighted by molar-refractivity contribution is 6.04. The molecule has 192 valence electrons. The summed E-state index contributed by atoms with van der Waals surface area (Å²) in [6.07, 6.45) is 2.26. The molecule has 3 aromatic carbocycles. The molecule has 2 aromatic heterocycles. The highest BCUT2D eigenvalue weighted by atomic mass is 16.5. The molecule has 0 fully saturated rings. The Morgan fingerprint density at radius 2 is 1.66 bits per heavy atom. The second-order valence-electron chi connectivity index (χ2n) is 8.29. The number of aromatic nitrogens is 3. The average molecular weight is 511 g/mol. The number of ether oxygens (including phenoxy) is 3. The number of anilines is 1. The van der Waals surface area contributed by atoms with E-state index in [0.717, 1.165) is 11.3 Å². The van der Waals surface area contributed by atoms with E-state index in [4.69, 9.17) is 18.6 Å². The maximum atomic E-state index is 12.8. The molecule has 0 bridgehead atoms. The molecule has 5 aromatic rings. The molecule has 5 rings (SSSR count). The van der Waals surface area contributed by atoms with E-state index in [9.17, 15) is 4.79 Å². The first-order chi connectivity index (χ1) is 18.6. The van der Waals surface area contributed by atoms with Crippen molar-refractivity contribution in [3.63, 3.8) is 0 Å². The third kappa shape index (κ3) is 5.67. The Bertz CT molecular complexity index is 1490. The van der Waals surface area contributed by atoms with E-state index < -0.39 is 0 Å². The zero-order valence-electron chi connectivity index (χ0n) is 21.0. The van der Waals surface area contributed by atoms with Gasteiger partial charge >= 0.3 is 6.01 Å². The molecule has 0 aliphatic rings. The molecule has 0 aliphatic heterocycles. The van der Waals surface area contributed by atoms with Crippen LogP contribution in [-0.2, 0) is 6.42 Å². The molecule has 0 saturated heterocycles. The fourth-order valence-corrected chi connectivity index (χ4v) is 3.81. The topological polar surface area (TPSA) is 101 Å². The quantitative estimate of drug-likeness (QED) is 0.268. The first-order valence-electron chi connectivity index (χ1n) is 12.0. The van der Waals surface area contributed by atoms with Gasteiger partial charge in [-0.05, 0) is 72.3 Å². The second-order valence-corrected chi connectivity index (χ2v) is 8.29. The number of furan rings is 1. The first kappa shape index (κ1) is 24.6. The van der Waals surface area contributed by atoms with Crippen LogP contribution in [0.4, 0.5) is 5.69 Å². The zero-order chi connectivity index (χ0) is 26.3. The molecule has 0 saturated carbocycles. The lowest BCUT2D eigenvalue weighted by atomic mass is 10.1. The normalized spacial score (nSPS) is 10.7. The standard InChI is InChI=1S/C29H26N4O5/c1-35-24-12-8-20(9-13-24)16-18-38-29-31-27(26-7-4-17-37-26)33(32-29)23-6-3-5-22(19-23)30-28(34)21-10-14-25(36-2)15-11-21/h3-15,17,19H,16,18H2,1-2H3,(H,30,34). The van der Waals surface area contributed by atoms with E-state index in [-0.39, 0.29) is 11.9 Å². The minimum atomic E-state index is -0.239. The monoisotopic (exact) mass is 510 g/mol. The molecule has 0 spiro atoms. The molecular formula is C29H26N4O5. The Hall–Kier alpha value is -5.05. The molecule has 0 radical (unpaired) electrons. The van der Waals surface area contributed by atoms with Crippen LogP contribution in [0.15, 0.2) is 95.6 Å². The van der Waals surface area contributed by atoms with E-state index in [1.165, 1.54) is 0 Å². The van der Waals surface area contributed by atoms with Crippen molar-refractivity contribution >= 4 is 11.6 Å². The fraction of sp³-hybridized carbons (Fsp3) is 0.138. The molecular weight excluding hydrogens is 484 g/mol. The lowest BCUT2D eigenvalue weighted by Gasteiger charge is -2.09. The van der Waals surface area contributed by atoms with Gasteiger partial charge in [0.05, 0.1) is 32.8 Å². The van der Waals surface area contributed by atoms with Crippen LogP contribution in [0.5, 0.6) is 17.5 Å². The minimum Gasteiger partial charge on any atom is -0.497 e. The number of carbonyl (C=O) groups is 1. The SMILES string of the molecule is COc1ccc(CCOc2nc(-c3ccco3)n(-c3cccc(NC(=O)c4ccc(OC)cc4)c3)n2)cc1. The third-order valence-corrected chi connectivity index (χ3v) is 5.81. The van der Waals surface area contributed by atoms with Gasteiger partial charge in [-0.2, -0.15) is 4.98 Å². The van der Waals surface area contributed by atoms with Gasteiger partial charge in [-0.3, -0.25) is 4.79 Å². The van der Waals surface area contributed by atoms with Gasteiger partial charge in [0.15, 0.2) is 5.76 Å². The van der Waals surface area contributed by atoms with Crippen molar-refractivity contribution in [2.45, 2.75) is 6.42 Å². The lowest BCUT2D eigenvalue weighted by molar-refractivity contribution is 0.102. The van der Waals surface area contributed by atoms with Crippen LogP contribution in [0.3, 0.4) is 0 Å². The van der Waals surface area contributed by atoms with Gasteiger partial charge in [0, 0.05) is 17.7 Å². The van der Waals surface area contributed by atoms with Crippen molar-refractivity contribution in [3.05, 3.63) is 102 Å². The summed E-state index contributed by atoms with van der Waals surface area (Å²) in [5, 5.41) is 7.49. The van der Waals surface area contributed by atoms with Crippen LogP contribution in [0.1, 0.15) is 15.9 Å². The van der Waals surface area contributed by atoms with Crippen molar-refractivity contribution in [2.24, 2.45) is 0 Å². The van der Waals surface area contributed by atoms with Crippen LogP contribution >= 0.6 is 0 Å². The first-order valence-corrected chi connectivity index (χ1v) is 12.0. The van der Waals surface area contributed by atoms with Gasteiger partial charge in [0.1, 0.15) is 11.5 Å². The summed E-state index contributed by atoms with van der Waals surface area (Å²) in [6, 6.07) is 25.8. The van der Waals surface area contributed by atoms with E-state index in [1.54, 1.807) is 67.6 Å². The number of nitrogens with zero attached hydrogens (tertiary/aromatic N) is 3. The number of hydrogen-bond acceptors (Lipinski definition) is 7. The number of nitrogens with one attached hydrogen (secondary N) is 1. The van der Waals surface area contributed by atoms with Gasteiger partial charge in [-0.25, -0.2) is 4.68 Å². The smallest absolute Gasteiger partial charge is 0.336 e. The van der Waals surface area contributed by atoms with Crippen molar-refractivity contribution < 1.29 is 23.4 Å². The summed E-state index contributed by atoms with van der Waals surface area (Å²) < 4.78 is 23.5. The van der Waals surface area contributed by atoms with Crippen molar-refractivity contribution in [2.75, 3.05) is 26.1 Å². The molecule has 1 N–H and O–H groups in total. The number of hydrogen-bond donors (Lipinski definition) is 1. The van der Waals surface area contributed by atoms with E-state index in [2.05, 4.69) is 15.4 Å². The van der Waals surface area contributed by atoms with Crippen molar-refractivity contribution in [3.8, 4) is 34.8 Å². The predicted octanol–water partition coefficient (Wildman–Crippen LogP) is 5.42. The Morgan fingerprint density at radius 3 is 2.34 bits per heavy atom. The van der Waals surface area contributed by atoms with Gasteiger partial charge < -0.3 is 23.9 Å². The molecule has 0 unspecified atom stereocenters. The summed E-state index contributed by atoms with van der Waals surface area (Å²) >= 11 is 0. The predicted molar refractivity (Wildman–Crippen MR) is 142 cm³/mol. The molecule has 1 amide bonds. The van der Waals surface area contributed by atoms with Crippen LogP contribution in [0.25, 0.3) is 17.3 Å². The van der Waals surface area contributed by atoms with Crippen LogP contribution in [0, 0.1) is 0 Å². The van der Waals surface area contributed by atoms with Crippen molar-refractivity contribution in [1.82, 2.24) is 14.8 Å². The largest absolute Gasteiger partial charge is 0.497 e. The Labute approximate surface area is 219 Å². The molecule has 9 heteroatoms. The van der Waals surface area contributed by atoms with E-state index in [1.807, 2.05) is 42.5 Å². The maximum Gasteiger partial charge on any atom is 0.336 e. The summed E-state index contributed by atoms with van der Waals surface area (Å²) in [5.41, 5.74) is 2.91. The third-order valence-electron chi connectivity index (χ3n) is 5.81. The van der Waals surface area contributed by atoms with Crippen molar-refractivity contribution in [1.29, 1.82) is 0 Å². The lowest BCUT2D eigenvalue weighted by Crippen LogP contribution is -2.12. The molecule has 0 atom stereocenters. The number of amides is 1. The highest BCUT2D eigenvalue weighted by Crippen LogP contribution is 2.26. The van der Waals surface area contributed by atoms with E-state index in [0.29, 0.717) is 47.3 Å².